The van der Waals surface area contributed by atoms with E-state index in [2.05, 4.69) is 46.8 Å². The molecule has 0 saturated heterocycles. The van der Waals surface area contributed by atoms with E-state index in [0.717, 1.165) is 34.9 Å². The minimum absolute atomic E-state index is 0.306. The van der Waals surface area contributed by atoms with Crippen molar-refractivity contribution in [1.82, 2.24) is 0 Å². The average Bonchev–Trinajstić information content (AvgIpc) is 2.57. The first kappa shape index (κ1) is 17.9. The Bertz CT molecular complexity index is 578. The molecule has 0 radical (unpaired) electrons. The first-order valence-corrected chi connectivity index (χ1v) is 8.64. The molecule has 0 aliphatic heterocycles. The highest BCUT2D eigenvalue weighted by Gasteiger charge is 1.98. The van der Waals surface area contributed by atoms with Crippen LogP contribution in [0.3, 0.4) is 0 Å². The Morgan fingerprint density at radius 2 is 1.65 bits per heavy atom. The van der Waals surface area contributed by atoms with Gasteiger partial charge in [-0.05, 0) is 42.5 Å². The summed E-state index contributed by atoms with van der Waals surface area (Å²) in [5.41, 5.74) is 3.63. The predicted molar refractivity (Wildman–Crippen MR) is 98.3 cm³/mol. The predicted octanol–water partition coefficient (Wildman–Crippen LogP) is 5.52. The van der Waals surface area contributed by atoms with E-state index in [1.54, 1.807) is 0 Å². The first-order chi connectivity index (χ1) is 11.2. The van der Waals surface area contributed by atoms with Crippen molar-refractivity contribution in [2.24, 2.45) is 0 Å². The lowest BCUT2D eigenvalue weighted by Crippen LogP contribution is -2.03. The molecule has 2 aromatic carbocycles. The monoisotopic (exact) mass is 374 g/mol. The Hall–Kier alpha value is -1.42. The molecule has 0 saturated carbocycles. The molecular formula is C20H23BrO2. The summed E-state index contributed by atoms with van der Waals surface area (Å²) in [5.74, 6) is 0. The van der Waals surface area contributed by atoms with E-state index in [-0.39, 0.29) is 0 Å². The highest BCUT2D eigenvalue weighted by Crippen LogP contribution is 2.14. The van der Waals surface area contributed by atoms with Gasteiger partial charge in [-0.25, -0.2) is 0 Å². The molecule has 122 valence electrons. The third-order valence-corrected chi connectivity index (χ3v) is 4.02. The summed E-state index contributed by atoms with van der Waals surface area (Å²) in [5, 5.41) is 0. The summed E-state index contributed by atoms with van der Waals surface area (Å²) >= 11 is 3.45. The molecule has 0 aliphatic carbocycles. The lowest BCUT2D eigenvalue weighted by molar-refractivity contribution is -0.0544. The van der Waals surface area contributed by atoms with Crippen molar-refractivity contribution in [3.63, 3.8) is 0 Å². The molecule has 0 fully saturated rings. The molecule has 0 atom stereocenters. The second-order valence-corrected chi connectivity index (χ2v) is 6.45. The normalized spacial score (nSPS) is 10.7. The van der Waals surface area contributed by atoms with Gasteiger partial charge in [0.25, 0.3) is 0 Å². The van der Waals surface area contributed by atoms with Crippen molar-refractivity contribution >= 4 is 15.9 Å². The summed E-state index contributed by atoms with van der Waals surface area (Å²) in [4.78, 5) is 0. The van der Waals surface area contributed by atoms with Gasteiger partial charge in [0.1, 0.15) is 6.79 Å². The zero-order valence-corrected chi connectivity index (χ0v) is 14.9. The van der Waals surface area contributed by atoms with Gasteiger partial charge in [-0.2, -0.15) is 0 Å². The number of benzene rings is 2. The topological polar surface area (TPSA) is 18.5 Å². The van der Waals surface area contributed by atoms with Gasteiger partial charge in [-0.3, -0.25) is 0 Å². The highest BCUT2D eigenvalue weighted by atomic mass is 79.9. The zero-order chi connectivity index (χ0) is 16.3. The lowest BCUT2D eigenvalue weighted by atomic mass is 10.1. The van der Waals surface area contributed by atoms with Crippen LogP contribution in [0.25, 0.3) is 0 Å². The summed E-state index contributed by atoms with van der Waals surface area (Å²) < 4.78 is 12.1. The maximum absolute atomic E-state index is 5.51. The van der Waals surface area contributed by atoms with Crippen LogP contribution in [0, 0.1) is 0 Å². The van der Waals surface area contributed by atoms with Crippen LogP contribution < -0.4 is 0 Å². The van der Waals surface area contributed by atoms with Crippen LogP contribution in [-0.2, 0) is 22.5 Å². The molecule has 0 spiro atoms. The summed E-state index contributed by atoms with van der Waals surface area (Å²) in [6.07, 6.45) is 3.14. The lowest BCUT2D eigenvalue weighted by Gasteiger charge is -2.08. The molecule has 0 bridgehead atoms. The van der Waals surface area contributed by atoms with Crippen molar-refractivity contribution in [1.29, 1.82) is 0 Å². The van der Waals surface area contributed by atoms with E-state index in [4.69, 9.17) is 9.47 Å². The number of ether oxygens (including phenoxy) is 2. The van der Waals surface area contributed by atoms with Crippen molar-refractivity contribution in [3.05, 3.63) is 82.3 Å². The van der Waals surface area contributed by atoms with E-state index < -0.39 is 0 Å². The molecule has 0 amide bonds. The van der Waals surface area contributed by atoms with Crippen LogP contribution in [0.5, 0.6) is 0 Å². The molecule has 2 aromatic rings. The van der Waals surface area contributed by atoms with Gasteiger partial charge in [0.15, 0.2) is 0 Å². The van der Waals surface area contributed by atoms with Crippen LogP contribution in [0.2, 0.25) is 0 Å². The van der Waals surface area contributed by atoms with Crippen molar-refractivity contribution in [2.45, 2.75) is 25.9 Å². The van der Waals surface area contributed by atoms with Gasteiger partial charge in [-0.15, -0.1) is 0 Å². The van der Waals surface area contributed by atoms with E-state index in [1.165, 1.54) is 5.56 Å². The maximum Gasteiger partial charge on any atom is 0.147 e. The molecule has 0 aliphatic rings. The molecule has 0 N–H and O–H groups in total. The molecule has 0 unspecified atom stereocenters. The van der Waals surface area contributed by atoms with Crippen LogP contribution in [0.1, 0.15) is 24.0 Å². The van der Waals surface area contributed by atoms with Gasteiger partial charge >= 0.3 is 0 Å². The van der Waals surface area contributed by atoms with Crippen molar-refractivity contribution in [3.8, 4) is 0 Å². The second-order valence-electron chi connectivity index (χ2n) is 5.53. The highest BCUT2D eigenvalue weighted by molar-refractivity contribution is 9.10. The maximum atomic E-state index is 5.51. The molecular weight excluding hydrogens is 352 g/mol. The molecule has 0 aromatic heterocycles. The largest absolute Gasteiger partial charge is 0.351 e. The van der Waals surface area contributed by atoms with E-state index in [0.29, 0.717) is 20.0 Å². The minimum atomic E-state index is 0.306. The van der Waals surface area contributed by atoms with Gasteiger partial charge in [-0.1, -0.05) is 70.5 Å². The third-order valence-electron chi connectivity index (χ3n) is 3.49. The smallest absolute Gasteiger partial charge is 0.147 e. The number of hydrogen-bond donors (Lipinski definition) is 0. The molecule has 23 heavy (non-hydrogen) atoms. The summed E-state index contributed by atoms with van der Waals surface area (Å²) in [6.45, 7) is 5.52. The third kappa shape index (κ3) is 7.60. The zero-order valence-electron chi connectivity index (χ0n) is 13.3. The summed E-state index contributed by atoms with van der Waals surface area (Å²) in [7, 11) is 0. The van der Waals surface area contributed by atoms with Crippen LogP contribution >= 0.6 is 15.9 Å². The average molecular weight is 375 g/mol. The molecule has 3 heteroatoms. The van der Waals surface area contributed by atoms with Gasteiger partial charge < -0.3 is 9.47 Å². The number of halogens is 1. The minimum Gasteiger partial charge on any atom is -0.351 e. The Labute approximate surface area is 147 Å². The number of hydrogen-bond acceptors (Lipinski definition) is 2. The Balaban J connectivity index is 1.51. The fourth-order valence-corrected chi connectivity index (χ4v) is 2.51. The Kier molecular flexibility index (Phi) is 8.08. The van der Waals surface area contributed by atoms with Crippen LogP contribution in [0.15, 0.2) is 71.2 Å². The fraction of sp³-hybridized carbons (Fsp3) is 0.300. The molecule has 2 nitrogen and oxygen atoms in total. The first-order valence-electron chi connectivity index (χ1n) is 7.84. The standard InChI is InChI=1S/C20H23BrO2/c1-17(6-5-9-18-10-12-20(21)13-11-18)14-22-16-23-15-19-7-3-2-4-8-19/h2-4,7-8,10-13H,1,5-6,9,14-16H2. The number of rotatable bonds is 10. The fourth-order valence-electron chi connectivity index (χ4n) is 2.24. The van der Waals surface area contributed by atoms with E-state index >= 15 is 0 Å². The van der Waals surface area contributed by atoms with Gasteiger partial charge in [0.2, 0.25) is 0 Å². The second kappa shape index (κ2) is 10.4. The van der Waals surface area contributed by atoms with E-state index in [1.807, 2.05) is 30.3 Å². The van der Waals surface area contributed by atoms with Crippen LogP contribution in [0.4, 0.5) is 0 Å². The summed E-state index contributed by atoms with van der Waals surface area (Å²) in [6, 6.07) is 18.6. The van der Waals surface area contributed by atoms with Gasteiger partial charge in [0, 0.05) is 4.47 Å². The molecule has 0 heterocycles. The Morgan fingerprint density at radius 1 is 0.913 bits per heavy atom. The SMILES string of the molecule is C=C(CCCc1ccc(Br)cc1)COCOCc1ccccc1. The van der Waals surface area contributed by atoms with Crippen molar-refractivity contribution < 1.29 is 9.47 Å². The van der Waals surface area contributed by atoms with Gasteiger partial charge in [0.05, 0.1) is 13.2 Å². The molecule has 2 rings (SSSR count). The van der Waals surface area contributed by atoms with E-state index in [9.17, 15) is 0 Å². The van der Waals surface area contributed by atoms with Crippen molar-refractivity contribution in [2.75, 3.05) is 13.4 Å². The number of aryl methyl sites for hydroxylation is 1. The van der Waals surface area contributed by atoms with Crippen LogP contribution in [-0.4, -0.2) is 13.4 Å². The Morgan fingerprint density at radius 3 is 2.39 bits per heavy atom. The quantitative estimate of drug-likeness (QED) is 0.309.